The van der Waals surface area contributed by atoms with Gasteiger partial charge in [0.15, 0.2) is 0 Å². The van der Waals surface area contributed by atoms with Gasteiger partial charge in [-0.1, -0.05) is 42.5 Å². The minimum absolute atomic E-state index is 0.584. The van der Waals surface area contributed by atoms with E-state index in [1.165, 1.54) is 0 Å². The number of nitrogens with two attached hydrogens (primary N) is 1. The first-order valence-corrected chi connectivity index (χ1v) is 8.03. The number of rotatable bonds is 4. The van der Waals surface area contributed by atoms with Crippen LogP contribution in [0.5, 0.6) is 0 Å². The van der Waals surface area contributed by atoms with Gasteiger partial charge in [0.2, 0.25) is 11.8 Å². The van der Waals surface area contributed by atoms with Crippen LogP contribution in [0.4, 0.5) is 22.9 Å². The Labute approximate surface area is 146 Å². The lowest BCUT2D eigenvalue weighted by atomic mass is 10.2. The maximum atomic E-state index is 6.05. The second-order valence-corrected chi connectivity index (χ2v) is 5.64. The van der Waals surface area contributed by atoms with Crippen molar-refractivity contribution in [1.29, 1.82) is 0 Å². The summed E-state index contributed by atoms with van der Waals surface area (Å²) in [6.45, 7) is 0. The highest BCUT2D eigenvalue weighted by Crippen LogP contribution is 2.36. The van der Waals surface area contributed by atoms with E-state index in [1.807, 2.05) is 89.8 Å². The van der Waals surface area contributed by atoms with E-state index in [0.717, 1.165) is 16.9 Å². The number of para-hydroxylation sites is 1. The zero-order chi connectivity index (χ0) is 17.1. The standard InChI is InChI=1S/C21H17N3O/c22-17-10-7-13-19(14-17)24(18-11-5-2-6-12-18)20-15-23-21(25-20)16-8-3-1-4-9-16/h1-15H,22H2. The monoisotopic (exact) mass is 327 g/mol. The number of anilines is 4. The van der Waals surface area contributed by atoms with Crippen LogP contribution in [0.25, 0.3) is 11.5 Å². The predicted octanol–water partition coefficient (Wildman–Crippen LogP) is 5.39. The molecule has 1 heterocycles. The van der Waals surface area contributed by atoms with Crippen LogP contribution in [-0.2, 0) is 0 Å². The quantitative estimate of drug-likeness (QED) is 0.510. The smallest absolute Gasteiger partial charge is 0.228 e. The summed E-state index contributed by atoms with van der Waals surface area (Å²) in [4.78, 5) is 6.44. The molecule has 0 radical (unpaired) electrons. The second kappa shape index (κ2) is 6.53. The molecule has 4 aromatic rings. The highest BCUT2D eigenvalue weighted by atomic mass is 16.4. The van der Waals surface area contributed by atoms with Crippen molar-refractivity contribution in [2.24, 2.45) is 0 Å². The molecule has 4 heteroatoms. The molecule has 0 aliphatic rings. The lowest BCUT2D eigenvalue weighted by molar-refractivity contribution is 0.580. The Bertz CT molecular complexity index is 965. The topological polar surface area (TPSA) is 55.3 Å². The molecule has 25 heavy (non-hydrogen) atoms. The Hall–Kier alpha value is -3.53. The number of oxazole rings is 1. The summed E-state index contributed by atoms with van der Waals surface area (Å²) in [6.07, 6.45) is 1.73. The molecule has 4 rings (SSSR count). The van der Waals surface area contributed by atoms with Gasteiger partial charge >= 0.3 is 0 Å². The minimum Gasteiger partial charge on any atom is -0.420 e. The molecule has 0 spiro atoms. The molecule has 0 atom stereocenters. The van der Waals surface area contributed by atoms with Crippen molar-refractivity contribution in [1.82, 2.24) is 4.98 Å². The molecule has 4 nitrogen and oxygen atoms in total. The number of nitrogen functional groups attached to an aromatic ring is 1. The molecular weight excluding hydrogens is 310 g/mol. The van der Waals surface area contributed by atoms with Gasteiger partial charge in [-0.15, -0.1) is 0 Å². The summed E-state index contributed by atoms with van der Waals surface area (Å²) in [6, 6.07) is 27.6. The van der Waals surface area contributed by atoms with E-state index in [4.69, 9.17) is 10.2 Å². The maximum Gasteiger partial charge on any atom is 0.228 e. The third kappa shape index (κ3) is 3.10. The highest BCUT2D eigenvalue weighted by Gasteiger charge is 2.17. The Morgan fingerprint density at radius 1 is 0.760 bits per heavy atom. The van der Waals surface area contributed by atoms with Crippen LogP contribution < -0.4 is 10.6 Å². The van der Waals surface area contributed by atoms with E-state index in [2.05, 4.69) is 4.98 Å². The minimum atomic E-state index is 0.584. The van der Waals surface area contributed by atoms with Crippen LogP contribution in [0.1, 0.15) is 0 Å². The van der Waals surface area contributed by atoms with Crippen LogP contribution in [0.2, 0.25) is 0 Å². The number of benzene rings is 3. The molecule has 0 saturated heterocycles. The predicted molar refractivity (Wildman–Crippen MR) is 101 cm³/mol. The number of hydrogen-bond donors (Lipinski definition) is 1. The summed E-state index contributed by atoms with van der Waals surface area (Å²) < 4.78 is 6.05. The molecule has 0 aliphatic carbocycles. The summed E-state index contributed by atoms with van der Waals surface area (Å²) in [5.74, 6) is 1.22. The van der Waals surface area contributed by atoms with Crippen molar-refractivity contribution >= 4 is 22.9 Å². The van der Waals surface area contributed by atoms with Crippen LogP contribution >= 0.6 is 0 Å². The third-order valence-corrected chi connectivity index (χ3v) is 3.88. The summed E-state index contributed by atoms with van der Waals surface area (Å²) in [5, 5.41) is 0. The molecule has 122 valence electrons. The first-order valence-electron chi connectivity index (χ1n) is 8.03. The van der Waals surface area contributed by atoms with Gasteiger partial charge in [0, 0.05) is 16.9 Å². The van der Waals surface area contributed by atoms with Crippen LogP contribution in [0.3, 0.4) is 0 Å². The number of nitrogens with zero attached hydrogens (tertiary/aromatic N) is 2. The Morgan fingerprint density at radius 3 is 2.16 bits per heavy atom. The van der Waals surface area contributed by atoms with Gasteiger partial charge in [0.05, 0.1) is 11.9 Å². The first kappa shape index (κ1) is 15.0. The third-order valence-electron chi connectivity index (χ3n) is 3.88. The van der Waals surface area contributed by atoms with E-state index in [0.29, 0.717) is 17.5 Å². The van der Waals surface area contributed by atoms with E-state index in [1.54, 1.807) is 6.20 Å². The van der Waals surface area contributed by atoms with E-state index >= 15 is 0 Å². The SMILES string of the molecule is Nc1cccc(N(c2ccccc2)c2cnc(-c3ccccc3)o2)c1. The Kier molecular flexibility index (Phi) is 3.92. The van der Waals surface area contributed by atoms with Crippen molar-refractivity contribution in [2.75, 3.05) is 10.6 Å². The zero-order valence-corrected chi connectivity index (χ0v) is 13.5. The lowest BCUT2D eigenvalue weighted by Gasteiger charge is -2.22. The van der Waals surface area contributed by atoms with Gasteiger partial charge in [-0.3, -0.25) is 4.90 Å². The molecule has 0 aliphatic heterocycles. The zero-order valence-electron chi connectivity index (χ0n) is 13.5. The largest absolute Gasteiger partial charge is 0.420 e. The maximum absolute atomic E-state index is 6.05. The Morgan fingerprint density at radius 2 is 1.44 bits per heavy atom. The molecule has 0 bridgehead atoms. The van der Waals surface area contributed by atoms with Crippen molar-refractivity contribution in [3.05, 3.63) is 91.1 Å². The molecule has 0 fully saturated rings. The highest BCUT2D eigenvalue weighted by molar-refractivity contribution is 5.75. The average molecular weight is 327 g/mol. The van der Waals surface area contributed by atoms with Crippen molar-refractivity contribution in [3.8, 4) is 11.5 Å². The van der Waals surface area contributed by atoms with E-state index in [9.17, 15) is 0 Å². The van der Waals surface area contributed by atoms with Crippen molar-refractivity contribution < 1.29 is 4.42 Å². The molecule has 3 aromatic carbocycles. The van der Waals surface area contributed by atoms with Gasteiger partial charge in [-0.25, -0.2) is 4.98 Å². The van der Waals surface area contributed by atoms with Gasteiger partial charge in [0.1, 0.15) is 0 Å². The molecular formula is C21H17N3O. The molecule has 0 amide bonds. The summed E-state index contributed by atoms with van der Waals surface area (Å²) >= 11 is 0. The van der Waals surface area contributed by atoms with E-state index < -0.39 is 0 Å². The normalized spacial score (nSPS) is 10.6. The molecule has 1 aromatic heterocycles. The number of hydrogen-bond acceptors (Lipinski definition) is 4. The Balaban J connectivity index is 1.81. The molecule has 0 saturated carbocycles. The van der Waals surface area contributed by atoms with Gasteiger partial charge < -0.3 is 10.2 Å². The summed E-state index contributed by atoms with van der Waals surface area (Å²) in [7, 11) is 0. The number of aromatic nitrogens is 1. The van der Waals surface area contributed by atoms with Gasteiger partial charge in [-0.2, -0.15) is 0 Å². The van der Waals surface area contributed by atoms with Crippen LogP contribution in [-0.4, -0.2) is 4.98 Å². The van der Waals surface area contributed by atoms with Crippen LogP contribution in [0.15, 0.2) is 95.5 Å². The second-order valence-electron chi connectivity index (χ2n) is 5.64. The van der Waals surface area contributed by atoms with Crippen molar-refractivity contribution in [3.63, 3.8) is 0 Å². The first-order chi connectivity index (χ1) is 12.3. The van der Waals surface area contributed by atoms with Gasteiger partial charge in [0.25, 0.3) is 0 Å². The fraction of sp³-hybridized carbons (Fsp3) is 0. The fourth-order valence-corrected chi connectivity index (χ4v) is 2.73. The molecule has 2 N–H and O–H groups in total. The van der Waals surface area contributed by atoms with E-state index in [-0.39, 0.29) is 0 Å². The summed E-state index contributed by atoms with van der Waals surface area (Å²) in [5.41, 5.74) is 9.50. The van der Waals surface area contributed by atoms with Crippen LogP contribution in [0, 0.1) is 0 Å². The van der Waals surface area contributed by atoms with Gasteiger partial charge in [-0.05, 0) is 42.5 Å². The van der Waals surface area contributed by atoms with Crippen molar-refractivity contribution in [2.45, 2.75) is 0 Å². The lowest BCUT2D eigenvalue weighted by Crippen LogP contribution is -2.09. The molecule has 0 unspecified atom stereocenters. The fourth-order valence-electron chi connectivity index (χ4n) is 2.73. The average Bonchev–Trinajstić information content (AvgIpc) is 3.13.